The zero-order valence-electron chi connectivity index (χ0n) is 15.6. The Kier molecular flexibility index (Phi) is 6.94. The van der Waals surface area contributed by atoms with E-state index in [1.807, 2.05) is 27.7 Å². The van der Waals surface area contributed by atoms with E-state index in [0.29, 0.717) is 21.6 Å². The van der Waals surface area contributed by atoms with E-state index in [2.05, 4.69) is 10.3 Å². The van der Waals surface area contributed by atoms with Gasteiger partial charge in [-0.15, -0.1) is 0 Å². The van der Waals surface area contributed by atoms with E-state index in [1.54, 1.807) is 23.1 Å². The number of anilines is 1. The molecule has 1 N–H and O–H groups in total. The summed E-state index contributed by atoms with van der Waals surface area (Å²) in [5, 5.41) is 3.46. The van der Waals surface area contributed by atoms with Gasteiger partial charge in [0.2, 0.25) is 11.8 Å². The maximum absolute atomic E-state index is 12.7. The second kappa shape index (κ2) is 8.77. The standard InChI is InChI=1S/C18H24ClN3O3S/c1-10(2)20-18-22(11(3)4)17(24)15(26-18)9-16(23)21-13-8-12(19)6-7-14(13)25-5/h6-8,10-11,15H,9H2,1-5H3,(H,21,23)/t15-/m0/s1. The van der Waals surface area contributed by atoms with Gasteiger partial charge in [-0.2, -0.15) is 0 Å². The van der Waals surface area contributed by atoms with Crippen molar-refractivity contribution in [3.05, 3.63) is 23.2 Å². The zero-order chi connectivity index (χ0) is 19.4. The number of benzene rings is 1. The molecule has 1 aliphatic heterocycles. The summed E-state index contributed by atoms with van der Waals surface area (Å²) in [5.41, 5.74) is 0.484. The van der Waals surface area contributed by atoms with Crippen molar-refractivity contribution in [2.24, 2.45) is 4.99 Å². The van der Waals surface area contributed by atoms with E-state index in [-0.39, 0.29) is 30.3 Å². The lowest BCUT2D eigenvalue weighted by Gasteiger charge is -2.21. The number of thioether (sulfide) groups is 1. The number of aliphatic imine (C=N–C) groups is 1. The predicted octanol–water partition coefficient (Wildman–Crippen LogP) is 3.79. The quantitative estimate of drug-likeness (QED) is 0.792. The number of amidine groups is 1. The molecule has 1 heterocycles. The second-order valence-electron chi connectivity index (χ2n) is 6.51. The highest BCUT2D eigenvalue weighted by atomic mass is 35.5. The minimum absolute atomic E-state index is 0.00594. The third-order valence-corrected chi connectivity index (χ3v) is 5.06. The monoisotopic (exact) mass is 397 g/mol. The number of nitrogens with zero attached hydrogens (tertiary/aromatic N) is 2. The molecular weight excluding hydrogens is 374 g/mol. The molecule has 26 heavy (non-hydrogen) atoms. The molecule has 1 fully saturated rings. The van der Waals surface area contributed by atoms with Crippen LogP contribution < -0.4 is 10.1 Å². The normalized spacial score (nSPS) is 18.9. The second-order valence-corrected chi connectivity index (χ2v) is 8.12. The molecule has 1 atom stereocenters. The molecule has 142 valence electrons. The number of hydrogen-bond acceptors (Lipinski definition) is 5. The number of nitrogens with one attached hydrogen (secondary N) is 1. The summed E-state index contributed by atoms with van der Waals surface area (Å²) in [6, 6.07) is 5.06. The van der Waals surface area contributed by atoms with E-state index in [0.717, 1.165) is 0 Å². The fraction of sp³-hybridized carbons (Fsp3) is 0.500. The molecule has 0 aliphatic carbocycles. The molecule has 2 amide bonds. The first-order valence-corrected chi connectivity index (χ1v) is 9.69. The Balaban J connectivity index is 2.12. The van der Waals surface area contributed by atoms with Crippen molar-refractivity contribution in [1.82, 2.24) is 4.90 Å². The minimum atomic E-state index is -0.486. The smallest absolute Gasteiger partial charge is 0.242 e. The number of carbonyl (C=O) groups is 2. The van der Waals surface area contributed by atoms with Gasteiger partial charge < -0.3 is 10.1 Å². The molecule has 1 aromatic rings. The highest BCUT2D eigenvalue weighted by Crippen LogP contribution is 2.33. The van der Waals surface area contributed by atoms with Crippen LogP contribution in [0.25, 0.3) is 0 Å². The van der Waals surface area contributed by atoms with Gasteiger partial charge in [0.15, 0.2) is 5.17 Å². The molecule has 1 aliphatic rings. The van der Waals surface area contributed by atoms with Crippen molar-refractivity contribution in [3.63, 3.8) is 0 Å². The highest BCUT2D eigenvalue weighted by Gasteiger charge is 2.40. The Morgan fingerprint density at radius 2 is 2.08 bits per heavy atom. The number of rotatable bonds is 6. The Morgan fingerprint density at radius 3 is 2.65 bits per heavy atom. The maximum Gasteiger partial charge on any atom is 0.242 e. The van der Waals surface area contributed by atoms with Crippen molar-refractivity contribution in [3.8, 4) is 5.75 Å². The number of carbonyl (C=O) groups excluding carboxylic acids is 2. The summed E-state index contributed by atoms with van der Waals surface area (Å²) in [6.07, 6.45) is 0.0551. The summed E-state index contributed by atoms with van der Waals surface area (Å²) < 4.78 is 5.23. The van der Waals surface area contributed by atoms with Crippen molar-refractivity contribution in [1.29, 1.82) is 0 Å². The summed E-state index contributed by atoms with van der Waals surface area (Å²) in [7, 11) is 1.52. The number of amides is 2. The van der Waals surface area contributed by atoms with Crippen molar-refractivity contribution in [2.45, 2.75) is 51.4 Å². The molecular formula is C18H24ClN3O3S. The Labute approximate surface area is 163 Å². The molecule has 0 bridgehead atoms. The molecule has 0 spiro atoms. The number of halogens is 1. The van der Waals surface area contributed by atoms with Crippen LogP contribution in [0.15, 0.2) is 23.2 Å². The molecule has 6 nitrogen and oxygen atoms in total. The van der Waals surface area contributed by atoms with E-state index in [9.17, 15) is 9.59 Å². The topological polar surface area (TPSA) is 71.0 Å². The molecule has 0 radical (unpaired) electrons. The summed E-state index contributed by atoms with van der Waals surface area (Å²) in [4.78, 5) is 31.4. The molecule has 2 rings (SSSR count). The maximum atomic E-state index is 12.7. The molecule has 0 saturated carbocycles. The molecule has 1 saturated heterocycles. The molecule has 1 aromatic carbocycles. The van der Waals surface area contributed by atoms with Gasteiger partial charge in [0.25, 0.3) is 0 Å². The first-order valence-electron chi connectivity index (χ1n) is 8.43. The SMILES string of the molecule is COc1ccc(Cl)cc1NC(=O)C[C@@H]1SC(=NC(C)C)N(C(C)C)C1=O. The van der Waals surface area contributed by atoms with E-state index in [1.165, 1.54) is 18.9 Å². The van der Waals surface area contributed by atoms with Crippen LogP contribution in [0, 0.1) is 0 Å². The van der Waals surface area contributed by atoms with Gasteiger partial charge in [0.05, 0.1) is 12.8 Å². The van der Waals surface area contributed by atoms with Gasteiger partial charge in [0.1, 0.15) is 11.0 Å². The average Bonchev–Trinajstić information content (AvgIpc) is 2.82. The number of hydrogen-bond donors (Lipinski definition) is 1. The van der Waals surface area contributed by atoms with Crippen LogP contribution in [-0.4, -0.2) is 46.3 Å². The van der Waals surface area contributed by atoms with E-state index >= 15 is 0 Å². The van der Waals surface area contributed by atoms with Crippen LogP contribution in [0.1, 0.15) is 34.1 Å². The summed E-state index contributed by atoms with van der Waals surface area (Å²) in [6.45, 7) is 7.80. The highest BCUT2D eigenvalue weighted by molar-refractivity contribution is 8.15. The lowest BCUT2D eigenvalue weighted by atomic mass is 10.2. The van der Waals surface area contributed by atoms with Crippen LogP contribution in [0.5, 0.6) is 5.75 Å². The van der Waals surface area contributed by atoms with Crippen LogP contribution >= 0.6 is 23.4 Å². The van der Waals surface area contributed by atoms with E-state index in [4.69, 9.17) is 16.3 Å². The van der Waals surface area contributed by atoms with E-state index < -0.39 is 5.25 Å². The van der Waals surface area contributed by atoms with Gasteiger partial charge >= 0.3 is 0 Å². The summed E-state index contributed by atoms with van der Waals surface area (Å²) >= 11 is 7.33. The van der Waals surface area contributed by atoms with Crippen LogP contribution in [-0.2, 0) is 9.59 Å². The minimum Gasteiger partial charge on any atom is -0.495 e. The van der Waals surface area contributed by atoms with Gasteiger partial charge in [0, 0.05) is 23.5 Å². The third-order valence-electron chi connectivity index (χ3n) is 3.66. The van der Waals surface area contributed by atoms with Crippen LogP contribution in [0.3, 0.4) is 0 Å². The third kappa shape index (κ3) is 4.92. The Bertz CT molecular complexity index is 722. The Hall–Kier alpha value is -1.73. The fourth-order valence-corrected chi connectivity index (χ4v) is 4.11. The molecule has 8 heteroatoms. The lowest BCUT2D eigenvalue weighted by molar-refractivity contribution is -0.129. The molecule has 0 aromatic heterocycles. The molecule has 0 unspecified atom stereocenters. The lowest BCUT2D eigenvalue weighted by Crippen LogP contribution is -2.38. The van der Waals surface area contributed by atoms with Crippen LogP contribution in [0.2, 0.25) is 5.02 Å². The largest absolute Gasteiger partial charge is 0.495 e. The van der Waals surface area contributed by atoms with Crippen molar-refractivity contribution < 1.29 is 14.3 Å². The average molecular weight is 398 g/mol. The first kappa shape index (κ1) is 20.6. The first-order chi connectivity index (χ1) is 12.2. The Morgan fingerprint density at radius 1 is 1.38 bits per heavy atom. The summed E-state index contributed by atoms with van der Waals surface area (Å²) in [5.74, 6) is 0.155. The van der Waals surface area contributed by atoms with Gasteiger partial charge in [-0.25, -0.2) is 0 Å². The van der Waals surface area contributed by atoms with Crippen molar-refractivity contribution in [2.75, 3.05) is 12.4 Å². The van der Waals surface area contributed by atoms with Gasteiger partial charge in [-0.3, -0.25) is 19.5 Å². The van der Waals surface area contributed by atoms with Gasteiger partial charge in [-0.05, 0) is 45.9 Å². The fourth-order valence-electron chi connectivity index (χ4n) is 2.55. The van der Waals surface area contributed by atoms with Crippen molar-refractivity contribution >= 4 is 46.0 Å². The van der Waals surface area contributed by atoms with Crippen LogP contribution in [0.4, 0.5) is 5.69 Å². The predicted molar refractivity (Wildman–Crippen MR) is 107 cm³/mol. The van der Waals surface area contributed by atoms with Gasteiger partial charge in [-0.1, -0.05) is 23.4 Å². The number of methoxy groups -OCH3 is 1. The zero-order valence-corrected chi connectivity index (χ0v) is 17.1. The number of ether oxygens (including phenoxy) is 1.